The minimum atomic E-state index is -0.122. The second-order valence-corrected chi connectivity index (χ2v) is 5.94. The predicted octanol–water partition coefficient (Wildman–Crippen LogP) is 3.39. The van der Waals surface area contributed by atoms with Gasteiger partial charge in [0.15, 0.2) is 0 Å². The largest absolute Gasteiger partial charge is 0.326 e. The Hall–Kier alpha value is -2.66. The van der Waals surface area contributed by atoms with Gasteiger partial charge in [-0.2, -0.15) is 5.10 Å². The van der Waals surface area contributed by atoms with Gasteiger partial charge in [0, 0.05) is 22.5 Å². The van der Waals surface area contributed by atoms with E-state index in [0.29, 0.717) is 17.0 Å². The van der Waals surface area contributed by atoms with Crippen LogP contribution in [0.2, 0.25) is 5.02 Å². The van der Waals surface area contributed by atoms with E-state index in [9.17, 15) is 9.59 Å². The van der Waals surface area contributed by atoms with E-state index in [1.54, 1.807) is 28.9 Å². The van der Waals surface area contributed by atoms with Gasteiger partial charge in [0.2, 0.25) is 11.3 Å². The normalized spacial score (nSPS) is 10.8. The van der Waals surface area contributed by atoms with Crippen molar-refractivity contribution in [3.05, 3.63) is 69.5 Å². The van der Waals surface area contributed by atoms with Crippen LogP contribution in [0.15, 0.2) is 53.5 Å². The average Bonchev–Trinajstić information content (AvgIpc) is 2.57. The molecule has 0 fully saturated rings. The Labute approximate surface area is 143 Å². The molecule has 1 heterocycles. The van der Waals surface area contributed by atoms with Crippen LogP contribution < -0.4 is 10.7 Å². The highest BCUT2D eigenvalue weighted by Gasteiger charge is 2.08. The summed E-state index contributed by atoms with van der Waals surface area (Å²) in [5.41, 5.74) is 2.24. The lowest BCUT2D eigenvalue weighted by Gasteiger charge is -2.11. The third kappa shape index (κ3) is 3.46. The number of benzene rings is 2. The maximum Gasteiger partial charge on any atom is 0.226 e. The first-order valence-electron chi connectivity index (χ1n) is 7.55. The van der Waals surface area contributed by atoms with Crippen molar-refractivity contribution >= 4 is 34.1 Å². The van der Waals surface area contributed by atoms with Crippen LogP contribution in [0.1, 0.15) is 12.0 Å². The Kier molecular flexibility index (Phi) is 4.62. The van der Waals surface area contributed by atoms with E-state index >= 15 is 0 Å². The van der Waals surface area contributed by atoms with Gasteiger partial charge >= 0.3 is 0 Å². The Morgan fingerprint density at radius 1 is 1.25 bits per heavy atom. The molecular formula is C18H16ClN3O2. The van der Waals surface area contributed by atoms with E-state index in [4.69, 9.17) is 11.6 Å². The summed E-state index contributed by atoms with van der Waals surface area (Å²) in [5.74, 6) is -0.120. The molecule has 2 aromatic carbocycles. The molecule has 0 saturated carbocycles. The number of carbonyl (C=O) groups excluding carboxylic acids is 1. The Balaban J connectivity index is 1.73. The molecule has 0 aliphatic heterocycles. The number of fused-ring (bicyclic) bond motifs is 1. The molecule has 0 bridgehead atoms. The number of hydrogen-bond acceptors (Lipinski definition) is 3. The van der Waals surface area contributed by atoms with Crippen molar-refractivity contribution < 1.29 is 4.79 Å². The van der Waals surface area contributed by atoms with Crippen molar-refractivity contribution in [2.24, 2.45) is 0 Å². The molecule has 0 atom stereocenters. The molecule has 0 saturated heterocycles. The van der Waals surface area contributed by atoms with Crippen LogP contribution in [0.5, 0.6) is 0 Å². The van der Waals surface area contributed by atoms with Crippen molar-refractivity contribution in [1.29, 1.82) is 0 Å². The molecular weight excluding hydrogens is 326 g/mol. The topological polar surface area (TPSA) is 64.0 Å². The van der Waals surface area contributed by atoms with E-state index in [1.807, 2.05) is 25.1 Å². The molecule has 24 heavy (non-hydrogen) atoms. The number of para-hydroxylation sites is 1. The molecule has 0 radical (unpaired) electrons. The first-order valence-corrected chi connectivity index (χ1v) is 7.93. The first-order chi connectivity index (χ1) is 11.5. The molecule has 122 valence electrons. The summed E-state index contributed by atoms with van der Waals surface area (Å²) in [6.07, 6.45) is 1.53. The maximum absolute atomic E-state index is 12.2. The highest BCUT2D eigenvalue weighted by atomic mass is 35.5. The number of aromatic nitrogens is 2. The monoisotopic (exact) mass is 341 g/mol. The van der Waals surface area contributed by atoms with Gasteiger partial charge in [-0.25, -0.2) is 0 Å². The van der Waals surface area contributed by atoms with Crippen LogP contribution in [0, 0.1) is 6.92 Å². The third-order valence-corrected chi connectivity index (χ3v) is 4.01. The third-order valence-electron chi connectivity index (χ3n) is 3.78. The van der Waals surface area contributed by atoms with Gasteiger partial charge in [0.1, 0.15) is 0 Å². The molecule has 5 nitrogen and oxygen atoms in total. The van der Waals surface area contributed by atoms with Gasteiger partial charge in [0.25, 0.3) is 0 Å². The number of carbonyl (C=O) groups is 1. The summed E-state index contributed by atoms with van der Waals surface area (Å²) in [7, 11) is 0. The van der Waals surface area contributed by atoms with E-state index in [1.165, 1.54) is 6.20 Å². The standard InChI is InChI=1S/C18H16ClN3O2/c1-12-10-13(19)6-7-15(12)21-18(24)8-9-22-16-5-3-2-4-14(16)17(23)11-20-22/h2-7,10-11H,8-9H2,1H3,(H,21,24). The predicted molar refractivity (Wildman–Crippen MR) is 95.4 cm³/mol. The van der Waals surface area contributed by atoms with Crippen LogP contribution in [-0.4, -0.2) is 15.7 Å². The Bertz CT molecular complexity index is 966. The Morgan fingerprint density at radius 3 is 2.83 bits per heavy atom. The molecule has 0 unspecified atom stereocenters. The smallest absolute Gasteiger partial charge is 0.226 e. The van der Waals surface area contributed by atoms with Gasteiger partial charge in [-0.05, 0) is 42.8 Å². The molecule has 1 N–H and O–H groups in total. The SMILES string of the molecule is Cc1cc(Cl)ccc1NC(=O)CCn1ncc(=O)c2ccccc21. The number of nitrogens with one attached hydrogen (secondary N) is 1. The molecule has 0 aliphatic rings. The zero-order chi connectivity index (χ0) is 17.1. The fourth-order valence-electron chi connectivity index (χ4n) is 2.53. The molecule has 0 spiro atoms. The number of halogens is 1. The van der Waals surface area contributed by atoms with Crippen LogP contribution in [-0.2, 0) is 11.3 Å². The van der Waals surface area contributed by atoms with Gasteiger partial charge < -0.3 is 5.32 Å². The summed E-state index contributed by atoms with van der Waals surface area (Å²) < 4.78 is 1.67. The van der Waals surface area contributed by atoms with Gasteiger partial charge in [-0.15, -0.1) is 0 Å². The number of aryl methyl sites for hydroxylation is 2. The first kappa shape index (κ1) is 16.2. The molecule has 3 aromatic rings. The lowest BCUT2D eigenvalue weighted by Crippen LogP contribution is -2.18. The highest BCUT2D eigenvalue weighted by molar-refractivity contribution is 6.30. The maximum atomic E-state index is 12.2. The quantitative estimate of drug-likeness (QED) is 0.791. The molecule has 1 amide bonds. The summed E-state index contributed by atoms with van der Waals surface area (Å²) in [5, 5.41) is 8.22. The number of anilines is 1. The number of nitrogens with zero attached hydrogens (tertiary/aromatic N) is 2. The lowest BCUT2D eigenvalue weighted by molar-refractivity contribution is -0.116. The fourth-order valence-corrected chi connectivity index (χ4v) is 2.75. The van der Waals surface area contributed by atoms with Crippen LogP contribution in [0.25, 0.3) is 10.9 Å². The molecule has 0 aliphatic carbocycles. The average molecular weight is 342 g/mol. The second-order valence-electron chi connectivity index (χ2n) is 5.51. The minimum absolute atomic E-state index is 0.120. The highest BCUT2D eigenvalue weighted by Crippen LogP contribution is 2.19. The molecule has 1 aromatic heterocycles. The van der Waals surface area contributed by atoms with Gasteiger partial charge in [-0.3, -0.25) is 14.3 Å². The summed E-state index contributed by atoms with van der Waals surface area (Å²) >= 11 is 5.91. The van der Waals surface area contributed by atoms with E-state index < -0.39 is 0 Å². The van der Waals surface area contributed by atoms with Gasteiger partial charge in [0.05, 0.1) is 18.3 Å². The van der Waals surface area contributed by atoms with Crippen LogP contribution >= 0.6 is 11.6 Å². The van der Waals surface area contributed by atoms with Crippen molar-refractivity contribution in [2.45, 2.75) is 19.9 Å². The second kappa shape index (κ2) is 6.84. The zero-order valence-corrected chi connectivity index (χ0v) is 13.9. The number of amides is 1. The van der Waals surface area contributed by atoms with Crippen LogP contribution in [0.3, 0.4) is 0 Å². The summed E-state index contributed by atoms with van der Waals surface area (Å²) in [6, 6.07) is 12.6. The zero-order valence-electron chi connectivity index (χ0n) is 13.1. The molecule has 3 rings (SSSR count). The number of hydrogen-bond donors (Lipinski definition) is 1. The van der Waals surface area contributed by atoms with E-state index in [-0.39, 0.29) is 17.8 Å². The minimum Gasteiger partial charge on any atom is -0.326 e. The molecule has 6 heteroatoms. The van der Waals surface area contributed by atoms with Crippen molar-refractivity contribution in [3.63, 3.8) is 0 Å². The van der Waals surface area contributed by atoms with E-state index in [0.717, 1.165) is 16.8 Å². The van der Waals surface area contributed by atoms with Crippen molar-refractivity contribution in [1.82, 2.24) is 9.78 Å². The lowest BCUT2D eigenvalue weighted by atomic mass is 10.2. The fraction of sp³-hybridized carbons (Fsp3) is 0.167. The summed E-state index contributed by atoms with van der Waals surface area (Å²) in [6.45, 7) is 2.28. The van der Waals surface area contributed by atoms with E-state index in [2.05, 4.69) is 10.4 Å². The summed E-state index contributed by atoms with van der Waals surface area (Å²) in [4.78, 5) is 24.0. The number of rotatable bonds is 4. The Morgan fingerprint density at radius 2 is 2.04 bits per heavy atom. The van der Waals surface area contributed by atoms with Gasteiger partial charge in [-0.1, -0.05) is 23.7 Å². The van der Waals surface area contributed by atoms with Crippen molar-refractivity contribution in [2.75, 3.05) is 5.32 Å². The van der Waals surface area contributed by atoms with Crippen molar-refractivity contribution in [3.8, 4) is 0 Å². The van der Waals surface area contributed by atoms with Crippen LogP contribution in [0.4, 0.5) is 5.69 Å².